The Bertz CT molecular complexity index is 261. The van der Waals surface area contributed by atoms with Crippen LogP contribution in [0.5, 0.6) is 0 Å². The van der Waals surface area contributed by atoms with E-state index in [2.05, 4.69) is 9.62 Å². The Hall–Kier alpha value is -0.950. The van der Waals surface area contributed by atoms with Crippen molar-refractivity contribution in [2.24, 2.45) is 0 Å². The number of hydrogen-bond acceptors (Lipinski definition) is 6. The molecule has 3 atom stereocenters. The summed E-state index contributed by atoms with van der Waals surface area (Å²) >= 11 is 0. The molecule has 1 fully saturated rings. The van der Waals surface area contributed by atoms with Gasteiger partial charge in [0.05, 0.1) is 7.11 Å². The molecule has 0 aromatic carbocycles. The molecular formula is C9H15NO5. The van der Waals surface area contributed by atoms with Crippen LogP contribution in [0.2, 0.25) is 0 Å². The maximum absolute atomic E-state index is 10.8. The highest BCUT2D eigenvalue weighted by Gasteiger charge is 2.49. The van der Waals surface area contributed by atoms with E-state index < -0.39 is 11.7 Å². The molecule has 0 radical (unpaired) electrons. The summed E-state index contributed by atoms with van der Waals surface area (Å²) in [5, 5.41) is 10.2. The molecule has 6 heteroatoms. The lowest BCUT2D eigenvalue weighted by Gasteiger charge is -2.22. The van der Waals surface area contributed by atoms with Crippen LogP contribution in [-0.4, -0.2) is 35.4 Å². The Labute approximate surface area is 87.9 Å². The van der Waals surface area contributed by atoms with Crippen molar-refractivity contribution in [1.82, 2.24) is 5.06 Å². The first-order valence-electron chi connectivity index (χ1n) is 4.62. The van der Waals surface area contributed by atoms with Gasteiger partial charge in [-0.3, -0.25) is 4.84 Å². The number of hydroxylamine groups is 2. The molecule has 0 bridgehead atoms. The zero-order valence-electron chi connectivity index (χ0n) is 8.97. The van der Waals surface area contributed by atoms with Crippen molar-refractivity contribution in [3.05, 3.63) is 12.2 Å². The number of methoxy groups -OCH3 is 1. The van der Waals surface area contributed by atoms with E-state index in [9.17, 15) is 4.79 Å². The van der Waals surface area contributed by atoms with E-state index in [1.807, 2.05) is 6.92 Å². The highest BCUT2D eigenvalue weighted by molar-refractivity contribution is 5.81. The van der Waals surface area contributed by atoms with Gasteiger partial charge in [0, 0.05) is 6.08 Å². The van der Waals surface area contributed by atoms with E-state index in [0.29, 0.717) is 6.42 Å². The Morgan fingerprint density at radius 2 is 2.40 bits per heavy atom. The average Bonchev–Trinajstić information content (AvgIpc) is 3.04. The molecule has 3 unspecified atom stereocenters. The molecular weight excluding hydrogens is 202 g/mol. The topological polar surface area (TPSA) is 71.3 Å². The van der Waals surface area contributed by atoms with Crippen molar-refractivity contribution in [2.75, 3.05) is 7.11 Å². The highest BCUT2D eigenvalue weighted by atomic mass is 17.1. The van der Waals surface area contributed by atoms with E-state index in [-0.39, 0.29) is 6.23 Å². The minimum atomic E-state index is -0.884. The van der Waals surface area contributed by atoms with Crippen molar-refractivity contribution in [3.8, 4) is 0 Å². The van der Waals surface area contributed by atoms with Crippen LogP contribution >= 0.6 is 0 Å². The summed E-state index contributed by atoms with van der Waals surface area (Å²) in [7, 11) is 1.30. The zero-order valence-corrected chi connectivity index (χ0v) is 8.97. The van der Waals surface area contributed by atoms with Crippen molar-refractivity contribution in [2.45, 2.75) is 32.2 Å². The Kier molecular flexibility index (Phi) is 3.81. The monoisotopic (exact) mass is 217 g/mol. The van der Waals surface area contributed by atoms with Gasteiger partial charge in [-0.05, 0) is 19.4 Å². The number of carbonyl (C=O) groups excluding carboxylic acids is 1. The molecule has 6 nitrogen and oxygen atoms in total. The lowest BCUT2D eigenvalue weighted by molar-refractivity contribution is -0.360. The molecule has 1 rings (SSSR count). The van der Waals surface area contributed by atoms with Crippen molar-refractivity contribution in [3.63, 3.8) is 0 Å². The lowest BCUT2D eigenvalue weighted by atomic mass is 10.2. The van der Waals surface area contributed by atoms with E-state index in [0.717, 1.165) is 0 Å². The van der Waals surface area contributed by atoms with Crippen LogP contribution in [0.25, 0.3) is 0 Å². The smallest absolute Gasteiger partial charge is 0.330 e. The summed E-state index contributed by atoms with van der Waals surface area (Å²) in [6.45, 7) is 3.53. The van der Waals surface area contributed by atoms with Crippen LogP contribution < -0.4 is 0 Å². The first-order chi connectivity index (χ1) is 7.07. The lowest BCUT2D eigenvalue weighted by Crippen LogP contribution is -2.36. The molecule has 1 N–H and O–H groups in total. The van der Waals surface area contributed by atoms with Gasteiger partial charge >= 0.3 is 5.97 Å². The maximum atomic E-state index is 10.8. The number of rotatable bonds is 5. The van der Waals surface area contributed by atoms with Crippen LogP contribution in [0, 0.1) is 0 Å². The Balaban J connectivity index is 2.46. The minimum absolute atomic E-state index is 0.360. The first kappa shape index (κ1) is 12.1. The molecule has 1 saturated heterocycles. The molecule has 1 aliphatic rings. The van der Waals surface area contributed by atoms with Crippen LogP contribution in [0.3, 0.4) is 0 Å². The zero-order chi connectivity index (χ0) is 11.5. The fourth-order valence-electron chi connectivity index (χ4n) is 1.07. The second-order valence-electron chi connectivity index (χ2n) is 3.32. The summed E-state index contributed by atoms with van der Waals surface area (Å²) in [6.07, 6.45) is 2.98. The van der Waals surface area contributed by atoms with Crippen LogP contribution in [0.1, 0.15) is 20.3 Å². The van der Waals surface area contributed by atoms with Crippen molar-refractivity contribution in [1.29, 1.82) is 0 Å². The number of esters is 1. The third-order valence-corrected chi connectivity index (χ3v) is 2.32. The Morgan fingerprint density at radius 1 is 1.73 bits per heavy atom. The minimum Gasteiger partial charge on any atom is -0.466 e. The fraction of sp³-hybridized carbons (Fsp3) is 0.667. The summed E-state index contributed by atoms with van der Waals surface area (Å²) in [4.78, 5) is 20.2. The third kappa shape index (κ3) is 2.75. The predicted octanol–water partition coefficient (Wildman–Crippen LogP) is 0.905. The molecule has 86 valence electrons. The van der Waals surface area contributed by atoms with Gasteiger partial charge < -0.3 is 4.74 Å². The predicted molar refractivity (Wildman–Crippen MR) is 50.3 cm³/mol. The van der Waals surface area contributed by atoms with Gasteiger partial charge in [-0.25, -0.2) is 14.9 Å². The number of nitrogens with zero attached hydrogens (tertiary/aromatic N) is 1. The van der Waals surface area contributed by atoms with Gasteiger partial charge in [0.2, 0.25) is 0 Å². The Morgan fingerprint density at radius 3 is 2.87 bits per heavy atom. The third-order valence-electron chi connectivity index (χ3n) is 2.32. The molecule has 1 heterocycles. The van der Waals surface area contributed by atoms with Gasteiger partial charge in [0.1, 0.15) is 0 Å². The van der Waals surface area contributed by atoms with Gasteiger partial charge in [0.15, 0.2) is 12.0 Å². The van der Waals surface area contributed by atoms with Crippen molar-refractivity contribution < 1.29 is 24.5 Å². The van der Waals surface area contributed by atoms with E-state index in [1.165, 1.54) is 24.3 Å². The first-order valence-corrected chi connectivity index (χ1v) is 4.62. The number of carbonyl (C=O) groups is 1. The van der Waals surface area contributed by atoms with E-state index in [1.54, 1.807) is 6.92 Å². The molecule has 0 aromatic rings. The van der Waals surface area contributed by atoms with Gasteiger partial charge in [-0.2, -0.15) is 0 Å². The van der Waals surface area contributed by atoms with Gasteiger partial charge in [0.25, 0.3) is 0 Å². The van der Waals surface area contributed by atoms with Crippen molar-refractivity contribution >= 4 is 5.97 Å². The van der Waals surface area contributed by atoms with Gasteiger partial charge in [-0.15, -0.1) is 5.06 Å². The van der Waals surface area contributed by atoms with E-state index in [4.69, 9.17) is 10.1 Å². The number of hydrogen-bond donors (Lipinski definition) is 1. The second kappa shape index (κ2) is 4.71. The normalized spacial score (nSPS) is 28.8. The van der Waals surface area contributed by atoms with Crippen LogP contribution in [-0.2, 0) is 19.3 Å². The molecule has 0 aromatic heterocycles. The molecule has 0 saturated carbocycles. The standard InChI is InChI=1S/C9H15NO5/c1-4-9(2,15-12)10-7(14-10)5-6-8(11)13-3/h5-7,12H,4H2,1-3H3/b6-5-. The molecule has 0 amide bonds. The maximum Gasteiger partial charge on any atom is 0.330 e. The van der Waals surface area contributed by atoms with E-state index >= 15 is 0 Å². The van der Waals surface area contributed by atoms with Gasteiger partial charge in [-0.1, -0.05) is 6.92 Å². The van der Waals surface area contributed by atoms with Crippen LogP contribution in [0.15, 0.2) is 12.2 Å². The summed E-state index contributed by atoms with van der Waals surface area (Å²) in [5.74, 6) is -0.450. The molecule has 15 heavy (non-hydrogen) atoms. The molecule has 0 spiro atoms. The fourth-order valence-corrected chi connectivity index (χ4v) is 1.07. The summed E-state index contributed by atoms with van der Waals surface area (Å²) in [6, 6.07) is 0. The second-order valence-corrected chi connectivity index (χ2v) is 3.32. The molecule has 1 aliphatic heterocycles. The highest BCUT2D eigenvalue weighted by Crippen LogP contribution is 2.34. The summed E-state index contributed by atoms with van der Waals surface area (Å²) < 4.78 is 4.42. The average molecular weight is 217 g/mol. The summed E-state index contributed by atoms with van der Waals surface area (Å²) in [5.41, 5.74) is -0.884. The quantitative estimate of drug-likeness (QED) is 0.242. The molecule has 0 aliphatic carbocycles. The van der Waals surface area contributed by atoms with Crippen LogP contribution in [0.4, 0.5) is 0 Å². The SMILES string of the molecule is CCC(C)(OO)N1OC1/C=C\C(=O)OC. The largest absolute Gasteiger partial charge is 0.466 e. The number of ether oxygens (including phenoxy) is 1.